The quantitative estimate of drug-likeness (QED) is 0.750. The van der Waals surface area contributed by atoms with Crippen molar-refractivity contribution < 1.29 is 0 Å². The van der Waals surface area contributed by atoms with Gasteiger partial charge in [-0.1, -0.05) is 36.0 Å². The maximum Gasteiger partial charge on any atom is 0.107 e. The van der Waals surface area contributed by atoms with E-state index >= 15 is 0 Å². The molecule has 1 nitrogen and oxygen atoms in total. The van der Waals surface area contributed by atoms with Gasteiger partial charge in [-0.25, -0.2) is 0 Å². The second-order valence-electron chi connectivity index (χ2n) is 4.69. The van der Waals surface area contributed by atoms with Gasteiger partial charge in [-0.05, 0) is 37.5 Å². The van der Waals surface area contributed by atoms with Crippen molar-refractivity contribution in [3.05, 3.63) is 47.5 Å². The first-order chi connectivity index (χ1) is 8.17. The zero-order valence-electron chi connectivity index (χ0n) is 9.86. The van der Waals surface area contributed by atoms with Gasteiger partial charge in [-0.15, -0.1) is 5.47 Å². The smallest absolute Gasteiger partial charge is 0.107 e. The molecule has 1 aliphatic heterocycles. The Labute approximate surface area is 108 Å². The summed E-state index contributed by atoms with van der Waals surface area (Å²) in [4.78, 5) is 1.32. The van der Waals surface area contributed by atoms with Crippen LogP contribution in [0.15, 0.2) is 52.4 Å². The zero-order chi connectivity index (χ0) is 11.9. The summed E-state index contributed by atoms with van der Waals surface area (Å²) in [5.41, 5.74) is 3.65. The van der Waals surface area contributed by atoms with Crippen LogP contribution in [-0.2, 0) is 0 Å². The number of hydrogen-bond acceptors (Lipinski definition) is 2. The summed E-state index contributed by atoms with van der Waals surface area (Å²) in [6.45, 7) is 2.25. The highest BCUT2D eigenvalue weighted by atomic mass is 32.2. The van der Waals surface area contributed by atoms with Crippen molar-refractivity contribution in [1.29, 1.82) is 0 Å². The minimum atomic E-state index is -0.0130. The van der Waals surface area contributed by atoms with Gasteiger partial charge in [-0.2, -0.15) is 0 Å². The van der Waals surface area contributed by atoms with Gasteiger partial charge in [0.15, 0.2) is 0 Å². The van der Waals surface area contributed by atoms with Crippen molar-refractivity contribution in [3.8, 4) is 0 Å². The summed E-state index contributed by atoms with van der Waals surface area (Å²) >= 11 is 1.90. The maximum absolute atomic E-state index is 5.81. The molecule has 1 heterocycles. The molecular formula is C14H14BNS. The van der Waals surface area contributed by atoms with Crippen LogP contribution < -0.4 is 5.32 Å². The number of anilines is 1. The van der Waals surface area contributed by atoms with E-state index < -0.39 is 0 Å². The van der Waals surface area contributed by atoms with Crippen molar-refractivity contribution >= 4 is 25.3 Å². The highest BCUT2D eigenvalue weighted by molar-refractivity contribution is 8.01. The first kappa shape index (κ1) is 11.0. The lowest BCUT2D eigenvalue weighted by molar-refractivity contribution is 0.776. The largest absolute Gasteiger partial charge is 0.366 e. The van der Waals surface area contributed by atoms with Crippen molar-refractivity contribution in [2.45, 2.75) is 29.5 Å². The molecule has 0 saturated heterocycles. The Kier molecular flexibility index (Phi) is 2.59. The Morgan fingerprint density at radius 1 is 1.24 bits per heavy atom. The monoisotopic (exact) mass is 239 g/mol. The Bertz CT molecular complexity index is 494. The Hall–Kier alpha value is -1.09. The average molecular weight is 239 g/mol. The summed E-state index contributed by atoms with van der Waals surface area (Å²) in [5.74, 6) is 0. The molecule has 0 saturated carbocycles. The molecule has 1 aliphatic carbocycles. The van der Waals surface area contributed by atoms with Crippen LogP contribution in [0.1, 0.15) is 19.8 Å². The summed E-state index contributed by atoms with van der Waals surface area (Å²) < 4.78 is 0. The van der Waals surface area contributed by atoms with Crippen LogP contribution in [-0.4, -0.2) is 12.7 Å². The lowest BCUT2D eigenvalue weighted by Gasteiger charge is -2.29. The fourth-order valence-corrected chi connectivity index (χ4v) is 3.64. The van der Waals surface area contributed by atoms with E-state index in [1.807, 2.05) is 17.8 Å². The van der Waals surface area contributed by atoms with Crippen LogP contribution in [0.25, 0.3) is 0 Å². The van der Waals surface area contributed by atoms with Crippen LogP contribution in [0.4, 0.5) is 5.69 Å². The van der Waals surface area contributed by atoms with Crippen LogP contribution in [0.5, 0.6) is 0 Å². The summed E-state index contributed by atoms with van der Waals surface area (Å²) in [6, 6.07) is 8.48. The average Bonchev–Trinajstić information content (AvgIpc) is 2.67. The van der Waals surface area contributed by atoms with E-state index in [4.69, 9.17) is 7.85 Å². The van der Waals surface area contributed by atoms with Gasteiger partial charge in [0.2, 0.25) is 0 Å². The van der Waals surface area contributed by atoms with Gasteiger partial charge < -0.3 is 5.32 Å². The van der Waals surface area contributed by atoms with Crippen LogP contribution in [0, 0.1) is 0 Å². The molecule has 2 radical (unpaired) electrons. The minimum absolute atomic E-state index is 0.0130. The highest BCUT2D eigenvalue weighted by Crippen LogP contribution is 2.50. The molecule has 1 N–H and O–H groups in total. The molecule has 1 aromatic carbocycles. The number of allylic oxidation sites excluding steroid dienone is 3. The van der Waals surface area contributed by atoms with Crippen molar-refractivity contribution in [2.24, 2.45) is 0 Å². The summed E-state index contributed by atoms with van der Waals surface area (Å²) in [6.07, 6.45) is 6.23. The molecule has 1 atom stereocenters. The Morgan fingerprint density at radius 2 is 2.06 bits per heavy atom. The Morgan fingerprint density at radius 3 is 2.76 bits per heavy atom. The topological polar surface area (TPSA) is 12.0 Å². The molecule has 17 heavy (non-hydrogen) atoms. The van der Waals surface area contributed by atoms with Gasteiger partial charge in [0.05, 0.1) is 0 Å². The molecule has 84 valence electrons. The molecule has 1 unspecified atom stereocenters. The molecule has 0 spiro atoms. The maximum atomic E-state index is 5.81. The normalized spacial score (nSPS) is 26.9. The minimum Gasteiger partial charge on any atom is -0.366 e. The molecule has 0 fully saturated rings. The number of benzene rings is 1. The molecule has 0 bridgehead atoms. The number of fused-ring (bicyclic) bond motifs is 1. The van der Waals surface area contributed by atoms with E-state index in [0.29, 0.717) is 0 Å². The van der Waals surface area contributed by atoms with Crippen molar-refractivity contribution in [1.82, 2.24) is 0 Å². The lowest BCUT2D eigenvalue weighted by atomic mass is 9.84. The van der Waals surface area contributed by atoms with E-state index in [0.717, 1.165) is 18.3 Å². The molecular weight excluding hydrogens is 225 g/mol. The number of para-hydroxylation sites is 1. The second kappa shape index (κ2) is 3.99. The van der Waals surface area contributed by atoms with Crippen LogP contribution in [0.3, 0.4) is 0 Å². The van der Waals surface area contributed by atoms with E-state index in [9.17, 15) is 0 Å². The van der Waals surface area contributed by atoms with Crippen molar-refractivity contribution in [3.63, 3.8) is 0 Å². The zero-order valence-corrected chi connectivity index (χ0v) is 10.7. The standard InChI is InChI=1S/C14H14BNS/c1-14(10-6-8-11(15)9-7-10)16-12-4-2-3-5-13(12)17-14/h2-6,8,16H,7,9H2,1H3. The van der Waals surface area contributed by atoms with Gasteiger partial charge in [0, 0.05) is 10.6 Å². The number of hydrogen-bond donors (Lipinski definition) is 1. The number of thioether (sulfide) groups is 1. The van der Waals surface area contributed by atoms with E-state index in [-0.39, 0.29) is 4.87 Å². The third-order valence-electron chi connectivity index (χ3n) is 3.37. The highest BCUT2D eigenvalue weighted by Gasteiger charge is 2.36. The third-order valence-corrected chi connectivity index (χ3v) is 4.72. The van der Waals surface area contributed by atoms with Gasteiger partial charge in [-0.3, -0.25) is 0 Å². The molecule has 3 heteroatoms. The fourth-order valence-electron chi connectivity index (χ4n) is 2.36. The van der Waals surface area contributed by atoms with E-state index in [2.05, 4.69) is 42.6 Å². The Balaban J connectivity index is 1.91. The SMILES string of the molecule is [B]C1=CC=C(C2(C)Nc3ccccc3S2)CC1. The third kappa shape index (κ3) is 1.93. The predicted molar refractivity (Wildman–Crippen MR) is 75.5 cm³/mol. The first-order valence-corrected chi connectivity index (χ1v) is 6.71. The predicted octanol–water partition coefficient (Wildman–Crippen LogP) is 3.69. The summed E-state index contributed by atoms with van der Waals surface area (Å²) in [5, 5.41) is 3.62. The van der Waals surface area contributed by atoms with E-state index in [1.165, 1.54) is 16.2 Å². The van der Waals surface area contributed by atoms with E-state index in [1.54, 1.807) is 0 Å². The van der Waals surface area contributed by atoms with Gasteiger partial charge in [0.1, 0.15) is 12.7 Å². The fraction of sp³-hybridized carbons (Fsp3) is 0.286. The number of nitrogens with one attached hydrogen (secondary N) is 1. The second-order valence-corrected chi connectivity index (χ2v) is 6.15. The van der Waals surface area contributed by atoms with Crippen LogP contribution >= 0.6 is 11.8 Å². The van der Waals surface area contributed by atoms with Crippen LogP contribution in [0.2, 0.25) is 0 Å². The lowest BCUT2D eigenvalue weighted by Crippen LogP contribution is -2.30. The molecule has 2 aliphatic rings. The summed E-state index contributed by atoms with van der Waals surface area (Å²) in [7, 11) is 5.81. The van der Waals surface area contributed by atoms with Gasteiger partial charge in [0.25, 0.3) is 0 Å². The molecule has 0 aromatic heterocycles. The first-order valence-electron chi connectivity index (χ1n) is 5.89. The van der Waals surface area contributed by atoms with Gasteiger partial charge >= 0.3 is 0 Å². The number of rotatable bonds is 1. The van der Waals surface area contributed by atoms with Crippen molar-refractivity contribution in [2.75, 3.05) is 5.32 Å². The molecule has 0 amide bonds. The molecule has 1 aromatic rings. The molecule has 3 rings (SSSR count).